The molecular weight excluding hydrogens is 741 g/mol. The third-order valence-corrected chi connectivity index (χ3v) is 7.98. The molecule has 0 aromatic carbocycles. The number of pyridine rings is 1. The summed E-state index contributed by atoms with van der Waals surface area (Å²) in [6.07, 6.45) is 1.77. The molecule has 0 fully saturated rings. The summed E-state index contributed by atoms with van der Waals surface area (Å²) in [4.78, 5) is 38.5. The summed E-state index contributed by atoms with van der Waals surface area (Å²) < 4.78 is 45.5. The number of ether oxygens (including phenoxy) is 8. The quantitative estimate of drug-likeness (QED) is 0.0653. The van der Waals surface area contributed by atoms with Gasteiger partial charge in [0.05, 0.1) is 91.3 Å². The molecule has 3 N–H and O–H groups in total. The van der Waals surface area contributed by atoms with Crippen LogP contribution in [-0.2, 0) is 52.3 Å². The van der Waals surface area contributed by atoms with Crippen LogP contribution in [-0.4, -0.2) is 155 Å². The Morgan fingerprint density at radius 3 is 1.22 bits per heavy atom. The van der Waals surface area contributed by atoms with E-state index in [1.54, 1.807) is 27.8 Å². The molecule has 0 saturated heterocycles. The summed E-state index contributed by atoms with van der Waals surface area (Å²) in [5.41, 5.74) is -0.725. The van der Waals surface area contributed by atoms with Crippen LogP contribution in [0.15, 0.2) is 29.4 Å². The third kappa shape index (κ3) is 39.6. The minimum absolute atomic E-state index is 0. The molecule has 0 bridgehead atoms. The van der Waals surface area contributed by atoms with Gasteiger partial charge in [-0.15, -0.1) is 0 Å². The number of hydrogen-bond donors (Lipinski definition) is 3. The van der Waals surface area contributed by atoms with E-state index in [2.05, 4.69) is 20.9 Å². The Morgan fingerprint density at radius 2 is 0.889 bits per heavy atom. The number of rotatable bonds is 31. The molecule has 15 nitrogen and oxygen atoms in total. The van der Waals surface area contributed by atoms with Crippen LogP contribution >= 0.6 is 21.6 Å². The van der Waals surface area contributed by atoms with E-state index in [0.29, 0.717) is 19.8 Å². The molecule has 0 radical (unpaired) electrons. The number of carbonyl (C=O) groups excluding carboxylic acids is 3. The second-order valence-corrected chi connectivity index (χ2v) is 12.0. The first-order valence-corrected chi connectivity index (χ1v) is 17.2. The molecule has 0 spiro atoms. The maximum Gasteiger partial charge on any atom is 0.245 e. The lowest BCUT2D eigenvalue weighted by Crippen LogP contribution is -2.43. The van der Waals surface area contributed by atoms with Crippen molar-refractivity contribution in [1.82, 2.24) is 20.9 Å². The molecule has 0 atom stereocenters. The molecule has 17 heteroatoms. The molecule has 1 rings (SSSR count). The highest BCUT2D eigenvalue weighted by Crippen LogP contribution is 2.28. The molecule has 0 saturated carbocycles. The van der Waals surface area contributed by atoms with E-state index >= 15 is 0 Å². The highest BCUT2D eigenvalue weighted by Gasteiger charge is 2.32. The molecule has 1 aromatic rings. The van der Waals surface area contributed by atoms with Crippen molar-refractivity contribution in [3.8, 4) is 0 Å². The van der Waals surface area contributed by atoms with Gasteiger partial charge in [-0.1, -0.05) is 76.3 Å². The molecule has 328 valence electrons. The Hall–Kier alpha value is -2.06. The topological polar surface area (TPSA) is 174 Å². The molecule has 0 aliphatic heterocycles. The smallest absolute Gasteiger partial charge is 0.245 e. The van der Waals surface area contributed by atoms with Gasteiger partial charge in [-0.2, -0.15) is 0 Å². The molecule has 1 heterocycles. The molecule has 0 aliphatic rings. The molecule has 3 amide bonds. The number of amides is 3. The van der Waals surface area contributed by atoms with Crippen molar-refractivity contribution in [3.05, 3.63) is 24.4 Å². The van der Waals surface area contributed by atoms with Gasteiger partial charge < -0.3 is 53.8 Å². The molecule has 1 aromatic heterocycles. The number of carbonyl (C=O) groups is 3. The Labute approximate surface area is 338 Å². The fourth-order valence-corrected chi connectivity index (χ4v) is 5.02. The molecular formula is C37H82N4O11S2. The normalized spacial score (nSPS) is 9.69. The maximum absolute atomic E-state index is 11.4. The van der Waals surface area contributed by atoms with Crippen LogP contribution in [0.25, 0.3) is 0 Å². The number of hydrogen-bond acceptors (Lipinski definition) is 14. The number of nitrogens with one attached hydrogen (secondary N) is 3. The fraction of sp³-hybridized carbons (Fsp3) is 0.784. The van der Waals surface area contributed by atoms with Crippen LogP contribution in [0.1, 0.15) is 59.4 Å². The summed E-state index contributed by atoms with van der Waals surface area (Å²) in [7, 11) is 7.89. The van der Waals surface area contributed by atoms with Crippen molar-refractivity contribution in [2.45, 2.75) is 64.4 Å². The van der Waals surface area contributed by atoms with Gasteiger partial charge in [0, 0.05) is 33.1 Å². The van der Waals surface area contributed by atoms with E-state index in [1.165, 1.54) is 21.1 Å². The van der Waals surface area contributed by atoms with Crippen LogP contribution < -0.4 is 16.0 Å². The summed E-state index contributed by atoms with van der Waals surface area (Å²) in [6, 6.07) is 5.80. The average molecular weight is 823 g/mol. The predicted octanol–water partition coefficient (Wildman–Crippen LogP) is 5.27. The Kier molecular flexibility index (Phi) is 63.3. The number of likely N-dealkylation sites (N-methyl/N-ethyl adjacent to an activating group) is 3. The SMILES string of the molecule is C.C.C.C.C.C.C.C.CNC(=O)COCCOCC(COCCOCCSSc1ccccn1)(COCCOCC(=O)NC)COCCOCC(=O)NC. The van der Waals surface area contributed by atoms with E-state index in [-0.39, 0.29) is 163 Å². The van der Waals surface area contributed by atoms with Crippen LogP contribution in [0.4, 0.5) is 0 Å². The van der Waals surface area contributed by atoms with Crippen molar-refractivity contribution >= 4 is 39.3 Å². The monoisotopic (exact) mass is 823 g/mol. The minimum Gasteiger partial charge on any atom is -0.378 e. The Bertz CT molecular complexity index is 858. The van der Waals surface area contributed by atoms with Crippen molar-refractivity contribution in [1.29, 1.82) is 0 Å². The summed E-state index contributed by atoms with van der Waals surface area (Å²) in [6.45, 7) is 3.35. The first kappa shape index (κ1) is 69.8. The van der Waals surface area contributed by atoms with E-state index < -0.39 is 5.41 Å². The summed E-state index contributed by atoms with van der Waals surface area (Å²) >= 11 is 0. The predicted molar refractivity (Wildman–Crippen MR) is 228 cm³/mol. The first-order valence-electron chi connectivity index (χ1n) is 14.9. The van der Waals surface area contributed by atoms with Crippen LogP contribution in [0.2, 0.25) is 0 Å². The zero-order chi connectivity index (χ0) is 33.6. The standard InChI is InChI=1S/C29H50N4O11S2.8CH4/c1-30-25(34)18-38-9-13-42-22-29(23-43-14-10-39-19-26(35)31-2,24-44-15-11-40-20-27(36)32-3)21-41-12-8-37-16-17-45-46-28-6-4-5-7-33-28;;;;;;;;/h4-7H,8-24H2,1-3H3,(H,30,34)(H,31,35)(H,32,36);8*1H4. The van der Waals surface area contributed by atoms with Crippen LogP contribution in [0.3, 0.4) is 0 Å². The van der Waals surface area contributed by atoms with Crippen LogP contribution in [0.5, 0.6) is 0 Å². The van der Waals surface area contributed by atoms with E-state index in [9.17, 15) is 14.4 Å². The average Bonchev–Trinajstić information content (AvgIpc) is 3.08. The zero-order valence-corrected chi connectivity index (χ0v) is 28.7. The highest BCUT2D eigenvalue weighted by molar-refractivity contribution is 8.76. The Morgan fingerprint density at radius 1 is 0.537 bits per heavy atom. The van der Waals surface area contributed by atoms with E-state index in [4.69, 9.17) is 37.9 Å². The molecule has 0 unspecified atom stereocenters. The number of nitrogens with zero attached hydrogens (tertiary/aromatic N) is 1. The maximum atomic E-state index is 11.4. The lowest BCUT2D eigenvalue weighted by atomic mass is 9.92. The first-order chi connectivity index (χ1) is 22.4. The van der Waals surface area contributed by atoms with Gasteiger partial charge in [-0.05, 0) is 22.9 Å². The van der Waals surface area contributed by atoms with E-state index in [0.717, 1.165) is 10.8 Å². The Balaban J connectivity index is -0.000000441. The fourth-order valence-electron chi connectivity index (χ4n) is 3.28. The van der Waals surface area contributed by atoms with E-state index in [1.807, 2.05) is 18.2 Å². The summed E-state index contributed by atoms with van der Waals surface area (Å²) in [5, 5.41) is 8.44. The molecule has 54 heavy (non-hydrogen) atoms. The minimum atomic E-state index is -0.725. The van der Waals surface area contributed by atoms with Gasteiger partial charge in [0.1, 0.15) is 24.8 Å². The van der Waals surface area contributed by atoms with Crippen molar-refractivity contribution in [2.75, 3.05) is 133 Å². The number of aromatic nitrogens is 1. The molecule has 0 aliphatic carbocycles. The van der Waals surface area contributed by atoms with Gasteiger partial charge in [0.15, 0.2) is 0 Å². The van der Waals surface area contributed by atoms with Gasteiger partial charge in [-0.3, -0.25) is 14.4 Å². The van der Waals surface area contributed by atoms with Gasteiger partial charge in [0.25, 0.3) is 0 Å². The van der Waals surface area contributed by atoms with Gasteiger partial charge in [0.2, 0.25) is 17.7 Å². The lowest BCUT2D eigenvalue weighted by molar-refractivity contribution is -0.131. The zero-order valence-electron chi connectivity index (χ0n) is 27.1. The largest absolute Gasteiger partial charge is 0.378 e. The van der Waals surface area contributed by atoms with Crippen molar-refractivity contribution in [2.24, 2.45) is 5.41 Å². The second kappa shape index (κ2) is 49.0. The van der Waals surface area contributed by atoms with Crippen molar-refractivity contribution < 1.29 is 52.3 Å². The lowest BCUT2D eigenvalue weighted by Gasteiger charge is -2.33. The summed E-state index contributed by atoms with van der Waals surface area (Å²) in [5.74, 6) is 0.117. The highest BCUT2D eigenvalue weighted by atomic mass is 33.1. The van der Waals surface area contributed by atoms with Crippen molar-refractivity contribution in [3.63, 3.8) is 0 Å². The third-order valence-electron chi connectivity index (χ3n) is 5.75. The van der Waals surface area contributed by atoms with Crippen LogP contribution in [0, 0.1) is 5.41 Å². The van der Waals surface area contributed by atoms with Gasteiger partial charge in [-0.25, -0.2) is 4.98 Å². The van der Waals surface area contributed by atoms with Gasteiger partial charge >= 0.3 is 0 Å². The second-order valence-electron chi connectivity index (χ2n) is 9.57.